The lowest BCUT2D eigenvalue weighted by Crippen LogP contribution is -2.46. The van der Waals surface area contributed by atoms with E-state index in [-0.39, 0.29) is 12.2 Å². The van der Waals surface area contributed by atoms with Gasteiger partial charge in [0.1, 0.15) is 17.4 Å². The lowest BCUT2D eigenvalue weighted by molar-refractivity contribution is -0.142. The van der Waals surface area contributed by atoms with Gasteiger partial charge in [-0.2, -0.15) is 0 Å². The Morgan fingerprint density at radius 1 is 0.971 bits per heavy atom. The van der Waals surface area contributed by atoms with E-state index < -0.39 is 23.7 Å². The number of carboxylic acid groups (broad SMARTS) is 1. The first kappa shape index (κ1) is 28.0. The molecule has 0 unspecified atom stereocenters. The van der Waals surface area contributed by atoms with E-state index in [2.05, 4.69) is 5.32 Å². The number of nitrogens with one attached hydrogen (secondary N) is 1. The fraction of sp³-hybridized carbons (Fsp3) is 0.704. The van der Waals surface area contributed by atoms with Crippen LogP contribution in [-0.4, -0.2) is 57.9 Å². The Labute approximate surface area is 204 Å². The number of aliphatic carboxylic acids is 1. The first-order valence-corrected chi connectivity index (χ1v) is 12.8. The van der Waals surface area contributed by atoms with Crippen LogP contribution in [0.15, 0.2) is 24.3 Å². The van der Waals surface area contributed by atoms with Gasteiger partial charge in [-0.15, -0.1) is 0 Å². The summed E-state index contributed by atoms with van der Waals surface area (Å²) in [6.07, 6.45) is 14.0. The molecule has 1 aromatic rings. The van der Waals surface area contributed by atoms with Crippen LogP contribution in [0.5, 0.6) is 5.75 Å². The predicted molar refractivity (Wildman–Crippen MR) is 134 cm³/mol. The van der Waals surface area contributed by atoms with E-state index >= 15 is 0 Å². The number of benzene rings is 1. The van der Waals surface area contributed by atoms with E-state index in [0.29, 0.717) is 5.56 Å². The van der Waals surface area contributed by atoms with Crippen molar-refractivity contribution in [2.75, 3.05) is 7.05 Å². The maximum absolute atomic E-state index is 11.9. The van der Waals surface area contributed by atoms with Crippen molar-refractivity contribution < 1.29 is 24.5 Å². The molecule has 0 spiro atoms. The summed E-state index contributed by atoms with van der Waals surface area (Å²) in [5.41, 5.74) is 0.0167. The topological polar surface area (TPSA) is 99.1 Å². The number of rotatable bonds is 6. The number of carbonyl (C=O) groups is 2. The molecule has 2 fully saturated rings. The summed E-state index contributed by atoms with van der Waals surface area (Å²) >= 11 is 0. The summed E-state index contributed by atoms with van der Waals surface area (Å²) < 4.78 is 5.17. The van der Waals surface area contributed by atoms with Crippen LogP contribution in [0.25, 0.3) is 0 Å². The molecule has 1 aromatic carbocycles. The molecule has 0 saturated heterocycles. The largest absolute Gasteiger partial charge is 0.508 e. The summed E-state index contributed by atoms with van der Waals surface area (Å²) in [4.78, 5) is 24.4. The molecule has 1 atom stereocenters. The summed E-state index contributed by atoms with van der Waals surface area (Å²) in [7, 11) is 1.40. The SMILES string of the molecule is C1CCC(NC2CCCCC2)CC1.CN(C(=O)OC(C)(C)C)[C@H](Cc1ccc(O)cc1)C(=O)O. The lowest BCUT2D eigenvalue weighted by atomic mass is 9.91. The van der Waals surface area contributed by atoms with E-state index in [1.165, 1.54) is 83.4 Å². The monoisotopic (exact) mass is 476 g/mol. The van der Waals surface area contributed by atoms with Gasteiger partial charge in [0.2, 0.25) is 0 Å². The van der Waals surface area contributed by atoms with Crippen LogP contribution in [0, 0.1) is 0 Å². The van der Waals surface area contributed by atoms with Crippen molar-refractivity contribution in [3.05, 3.63) is 29.8 Å². The van der Waals surface area contributed by atoms with Crippen LogP contribution < -0.4 is 5.32 Å². The van der Waals surface area contributed by atoms with Gasteiger partial charge in [-0.1, -0.05) is 50.7 Å². The summed E-state index contributed by atoms with van der Waals surface area (Å²) in [5, 5.41) is 22.4. The summed E-state index contributed by atoms with van der Waals surface area (Å²) in [6, 6.07) is 6.89. The number of carboxylic acids is 1. The van der Waals surface area contributed by atoms with Crippen LogP contribution >= 0.6 is 0 Å². The number of phenolic OH excluding ortho intramolecular Hbond substituents is 1. The van der Waals surface area contributed by atoms with Gasteiger partial charge in [-0.25, -0.2) is 9.59 Å². The number of aromatic hydroxyl groups is 1. The third-order valence-electron chi connectivity index (χ3n) is 6.48. The normalized spacial score (nSPS) is 18.4. The number of phenols is 1. The Morgan fingerprint density at radius 3 is 1.85 bits per heavy atom. The molecule has 7 heteroatoms. The van der Waals surface area contributed by atoms with Crippen LogP contribution in [0.4, 0.5) is 4.79 Å². The molecule has 0 bridgehead atoms. The third-order valence-corrected chi connectivity index (χ3v) is 6.48. The van der Waals surface area contributed by atoms with Crippen LogP contribution in [-0.2, 0) is 16.0 Å². The molecule has 3 rings (SSSR count). The number of amides is 1. The van der Waals surface area contributed by atoms with Crippen molar-refractivity contribution in [2.24, 2.45) is 0 Å². The molecule has 2 aliphatic carbocycles. The Kier molecular flexibility index (Phi) is 11.2. The van der Waals surface area contributed by atoms with Gasteiger partial charge >= 0.3 is 12.1 Å². The first-order chi connectivity index (χ1) is 16.0. The number of hydrogen-bond acceptors (Lipinski definition) is 5. The summed E-state index contributed by atoms with van der Waals surface area (Å²) in [6.45, 7) is 5.15. The molecule has 34 heavy (non-hydrogen) atoms. The highest BCUT2D eigenvalue weighted by atomic mass is 16.6. The number of carbonyl (C=O) groups excluding carboxylic acids is 1. The van der Waals surface area contributed by atoms with Gasteiger partial charge in [0.15, 0.2) is 0 Å². The fourth-order valence-electron chi connectivity index (χ4n) is 4.58. The highest BCUT2D eigenvalue weighted by Gasteiger charge is 2.30. The minimum absolute atomic E-state index is 0.103. The molecule has 0 aromatic heterocycles. The van der Waals surface area contributed by atoms with Crippen molar-refractivity contribution in [3.63, 3.8) is 0 Å². The highest BCUT2D eigenvalue weighted by molar-refractivity contribution is 5.80. The predicted octanol–water partition coefficient (Wildman–Crippen LogP) is 5.50. The number of hydrogen-bond donors (Lipinski definition) is 3. The Morgan fingerprint density at radius 2 is 1.44 bits per heavy atom. The minimum atomic E-state index is -1.11. The van der Waals surface area contributed by atoms with E-state index in [1.54, 1.807) is 32.9 Å². The van der Waals surface area contributed by atoms with E-state index in [1.807, 2.05) is 0 Å². The van der Waals surface area contributed by atoms with Gasteiger partial charge in [-0.3, -0.25) is 4.90 Å². The number of likely N-dealkylation sites (N-methyl/N-ethyl adjacent to an activating group) is 1. The molecule has 7 nitrogen and oxygen atoms in total. The molecule has 1 amide bonds. The minimum Gasteiger partial charge on any atom is -0.508 e. The van der Waals surface area contributed by atoms with Gasteiger partial charge in [-0.05, 0) is 64.2 Å². The molecule has 0 aliphatic heterocycles. The zero-order chi connectivity index (χ0) is 25.1. The molecular weight excluding hydrogens is 432 g/mol. The molecule has 2 saturated carbocycles. The van der Waals surface area contributed by atoms with Crippen LogP contribution in [0.3, 0.4) is 0 Å². The Bertz CT molecular complexity index is 731. The highest BCUT2D eigenvalue weighted by Crippen LogP contribution is 2.22. The quantitative estimate of drug-likeness (QED) is 0.502. The van der Waals surface area contributed by atoms with Gasteiger partial charge in [0, 0.05) is 25.6 Å². The maximum Gasteiger partial charge on any atom is 0.410 e. The number of ether oxygens (including phenoxy) is 1. The molecule has 0 radical (unpaired) electrons. The van der Waals surface area contributed by atoms with E-state index in [4.69, 9.17) is 4.74 Å². The van der Waals surface area contributed by atoms with Gasteiger partial charge < -0.3 is 20.3 Å². The average Bonchev–Trinajstić information content (AvgIpc) is 2.79. The van der Waals surface area contributed by atoms with E-state index in [9.17, 15) is 19.8 Å². The lowest BCUT2D eigenvalue weighted by Gasteiger charge is -2.30. The van der Waals surface area contributed by atoms with Gasteiger partial charge in [0.05, 0.1) is 0 Å². The Balaban J connectivity index is 0.000000266. The van der Waals surface area contributed by atoms with E-state index in [0.717, 1.165) is 17.0 Å². The second-order valence-electron chi connectivity index (χ2n) is 10.7. The number of nitrogens with zero attached hydrogens (tertiary/aromatic N) is 1. The zero-order valence-electron chi connectivity index (χ0n) is 21.4. The van der Waals surface area contributed by atoms with Crippen LogP contribution in [0.2, 0.25) is 0 Å². The molecule has 192 valence electrons. The molecule has 2 aliphatic rings. The van der Waals surface area contributed by atoms with Crippen molar-refractivity contribution in [1.82, 2.24) is 10.2 Å². The second-order valence-corrected chi connectivity index (χ2v) is 10.7. The third kappa shape index (κ3) is 10.3. The summed E-state index contributed by atoms with van der Waals surface area (Å²) in [5.74, 6) is -1.01. The average molecular weight is 477 g/mol. The van der Waals surface area contributed by atoms with Crippen molar-refractivity contribution in [3.8, 4) is 5.75 Å². The first-order valence-electron chi connectivity index (χ1n) is 12.8. The van der Waals surface area contributed by atoms with Crippen molar-refractivity contribution >= 4 is 12.1 Å². The van der Waals surface area contributed by atoms with Crippen molar-refractivity contribution in [1.29, 1.82) is 0 Å². The fourth-order valence-corrected chi connectivity index (χ4v) is 4.58. The zero-order valence-corrected chi connectivity index (χ0v) is 21.4. The smallest absolute Gasteiger partial charge is 0.410 e. The standard InChI is InChI=1S/C15H21NO5.C12H23N/c1-15(2,3)21-14(20)16(4)12(13(18)19)9-10-5-7-11(17)8-6-10;1-3-7-11(8-4-1)13-12-9-5-2-6-10-12/h5-8,12,17H,9H2,1-4H3,(H,18,19);11-13H,1-10H2/t12-;/m1./s1. The molecule has 3 N–H and O–H groups in total. The molecule has 0 heterocycles. The van der Waals surface area contributed by atoms with Crippen LogP contribution in [0.1, 0.15) is 90.5 Å². The second kappa shape index (κ2) is 13.6. The Hall–Kier alpha value is -2.28. The maximum atomic E-state index is 11.9. The van der Waals surface area contributed by atoms with Crippen molar-refractivity contribution in [2.45, 2.75) is 115 Å². The molecular formula is C27H44N2O5. The van der Waals surface area contributed by atoms with Gasteiger partial charge in [0.25, 0.3) is 0 Å².